The van der Waals surface area contributed by atoms with E-state index in [2.05, 4.69) is 4.72 Å². The Morgan fingerprint density at radius 3 is 2.56 bits per heavy atom. The fraction of sp³-hybridized carbons (Fsp3) is 0.333. The SMILES string of the molecule is CCNS(=O)(=O)Cc1ccccc1[N+](=O)[O-]. The van der Waals surface area contributed by atoms with Gasteiger partial charge in [0.1, 0.15) is 0 Å². The molecular weight excluding hydrogens is 232 g/mol. The second-order valence-electron chi connectivity index (χ2n) is 3.14. The number of nitro groups is 1. The van der Waals surface area contributed by atoms with E-state index in [-0.39, 0.29) is 23.5 Å². The number of rotatable bonds is 5. The van der Waals surface area contributed by atoms with Gasteiger partial charge in [0.05, 0.1) is 10.7 Å². The molecule has 0 fully saturated rings. The molecule has 0 saturated heterocycles. The van der Waals surface area contributed by atoms with Crippen molar-refractivity contribution >= 4 is 15.7 Å². The largest absolute Gasteiger partial charge is 0.273 e. The van der Waals surface area contributed by atoms with Gasteiger partial charge in [0.15, 0.2) is 0 Å². The van der Waals surface area contributed by atoms with Crippen LogP contribution in [0.25, 0.3) is 0 Å². The van der Waals surface area contributed by atoms with Crippen LogP contribution in [0.4, 0.5) is 5.69 Å². The Morgan fingerprint density at radius 2 is 2.00 bits per heavy atom. The van der Waals surface area contributed by atoms with E-state index in [1.54, 1.807) is 13.0 Å². The highest BCUT2D eigenvalue weighted by Gasteiger charge is 2.18. The predicted molar refractivity (Wildman–Crippen MR) is 59.4 cm³/mol. The molecule has 1 aromatic carbocycles. The Morgan fingerprint density at radius 1 is 1.38 bits per heavy atom. The maximum Gasteiger partial charge on any atom is 0.273 e. The Labute approximate surface area is 93.5 Å². The predicted octanol–water partition coefficient (Wildman–Crippen LogP) is 1.03. The zero-order chi connectivity index (χ0) is 12.2. The van der Waals surface area contributed by atoms with Crippen LogP contribution in [0.15, 0.2) is 24.3 Å². The molecule has 7 heteroatoms. The zero-order valence-corrected chi connectivity index (χ0v) is 9.53. The molecule has 0 unspecified atom stereocenters. The summed E-state index contributed by atoms with van der Waals surface area (Å²) >= 11 is 0. The highest BCUT2D eigenvalue weighted by atomic mass is 32.2. The molecule has 0 aliphatic heterocycles. The molecule has 0 heterocycles. The first-order valence-electron chi connectivity index (χ1n) is 4.66. The minimum Gasteiger partial charge on any atom is -0.258 e. The molecule has 16 heavy (non-hydrogen) atoms. The zero-order valence-electron chi connectivity index (χ0n) is 8.71. The molecule has 6 nitrogen and oxygen atoms in total. The topological polar surface area (TPSA) is 89.3 Å². The van der Waals surface area contributed by atoms with Crippen molar-refractivity contribution in [3.63, 3.8) is 0 Å². The quantitative estimate of drug-likeness (QED) is 0.619. The van der Waals surface area contributed by atoms with Crippen LogP contribution in [0.5, 0.6) is 0 Å². The molecule has 0 atom stereocenters. The van der Waals surface area contributed by atoms with E-state index < -0.39 is 14.9 Å². The normalized spacial score (nSPS) is 11.3. The van der Waals surface area contributed by atoms with Crippen molar-refractivity contribution in [2.75, 3.05) is 6.54 Å². The van der Waals surface area contributed by atoms with Crippen LogP contribution in [0.1, 0.15) is 12.5 Å². The highest BCUT2D eigenvalue weighted by molar-refractivity contribution is 7.88. The number of para-hydroxylation sites is 1. The van der Waals surface area contributed by atoms with E-state index >= 15 is 0 Å². The van der Waals surface area contributed by atoms with Crippen LogP contribution in [-0.2, 0) is 15.8 Å². The second-order valence-corrected chi connectivity index (χ2v) is 4.95. The average Bonchev–Trinajstić information content (AvgIpc) is 2.17. The molecule has 0 amide bonds. The number of sulfonamides is 1. The fourth-order valence-corrected chi connectivity index (χ4v) is 2.48. The van der Waals surface area contributed by atoms with Gasteiger partial charge in [0.2, 0.25) is 10.0 Å². The number of hydrogen-bond acceptors (Lipinski definition) is 4. The number of nitrogens with zero attached hydrogens (tertiary/aromatic N) is 1. The van der Waals surface area contributed by atoms with Crippen LogP contribution in [-0.4, -0.2) is 19.9 Å². The van der Waals surface area contributed by atoms with Gasteiger partial charge in [-0.2, -0.15) is 0 Å². The smallest absolute Gasteiger partial charge is 0.258 e. The molecule has 88 valence electrons. The Bertz CT molecular complexity index is 484. The molecule has 0 radical (unpaired) electrons. The monoisotopic (exact) mass is 244 g/mol. The van der Waals surface area contributed by atoms with Crippen LogP contribution >= 0.6 is 0 Å². The van der Waals surface area contributed by atoms with Gasteiger partial charge >= 0.3 is 0 Å². The number of benzene rings is 1. The minimum atomic E-state index is -3.50. The minimum absolute atomic E-state index is 0.177. The summed E-state index contributed by atoms with van der Waals surface area (Å²) in [5, 5.41) is 10.7. The molecule has 0 aromatic heterocycles. The van der Waals surface area contributed by atoms with Gasteiger partial charge in [-0.05, 0) is 0 Å². The van der Waals surface area contributed by atoms with Crippen LogP contribution in [0.3, 0.4) is 0 Å². The van der Waals surface area contributed by atoms with E-state index in [1.165, 1.54) is 18.2 Å². The first-order chi connectivity index (χ1) is 7.46. The first-order valence-corrected chi connectivity index (χ1v) is 6.31. The summed E-state index contributed by atoms with van der Waals surface area (Å²) in [7, 11) is -3.50. The van der Waals surface area contributed by atoms with Crippen LogP contribution < -0.4 is 4.72 Å². The maximum atomic E-state index is 11.4. The van der Waals surface area contributed by atoms with Gasteiger partial charge in [0.25, 0.3) is 5.69 Å². The van der Waals surface area contributed by atoms with Gasteiger partial charge in [-0.15, -0.1) is 0 Å². The van der Waals surface area contributed by atoms with E-state index in [0.29, 0.717) is 0 Å². The van der Waals surface area contributed by atoms with Gasteiger partial charge < -0.3 is 0 Å². The standard InChI is InChI=1S/C9H12N2O4S/c1-2-10-16(14,15)7-8-5-3-4-6-9(8)11(12)13/h3-6,10H,2,7H2,1H3. The number of nitrogens with one attached hydrogen (secondary N) is 1. The maximum absolute atomic E-state index is 11.4. The molecule has 0 aliphatic carbocycles. The van der Waals surface area contributed by atoms with Crippen molar-refractivity contribution in [2.24, 2.45) is 0 Å². The van der Waals surface area contributed by atoms with Crippen LogP contribution in [0, 0.1) is 10.1 Å². The summed E-state index contributed by atoms with van der Waals surface area (Å²) in [5.74, 6) is -0.377. The third-order valence-corrected chi connectivity index (χ3v) is 3.32. The summed E-state index contributed by atoms with van der Waals surface area (Å²) in [6, 6.07) is 5.80. The summed E-state index contributed by atoms with van der Waals surface area (Å²) in [4.78, 5) is 10.1. The van der Waals surface area contributed by atoms with E-state index in [1.807, 2.05) is 0 Å². The lowest BCUT2D eigenvalue weighted by atomic mass is 10.2. The van der Waals surface area contributed by atoms with Crippen molar-refractivity contribution in [1.29, 1.82) is 0 Å². The Hall–Kier alpha value is -1.47. The molecular formula is C9H12N2O4S. The van der Waals surface area contributed by atoms with Crippen molar-refractivity contribution in [1.82, 2.24) is 4.72 Å². The number of hydrogen-bond donors (Lipinski definition) is 1. The summed E-state index contributed by atoms with van der Waals surface area (Å²) in [5.41, 5.74) is 0.0115. The molecule has 1 rings (SSSR count). The lowest BCUT2D eigenvalue weighted by Gasteiger charge is -2.04. The summed E-state index contributed by atoms with van der Waals surface area (Å²) in [6.45, 7) is 1.92. The molecule has 0 spiro atoms. The first kappa shape index (κ1) is 12.6. The van der Waals surface area contributed by atoms with Gasteiger partial charge in [-0.3, -0.25) is 10.1 Å². The van der Waals surface area contributed by atoms with Gasteiger partial charge in [0, 0.05) is 18.2 Å². The summed E-state index contributed by atoms with van der Waals surface area (Å²) in [6.07, 6.45) is 0. The fourth-order valence-electron chi connectivity index (χ4n) is 1.29. The van der Waals surface area contributed by atoms with Crippen molar-refractivity contribution < 1.29 is 13.3 Å². The lowest BCUT2D eigenvalue weighted by molar-refractivity contribution is -0.385. The van der Waals surface area contributed by atoms with Gasteiger partial charge in [-0.1, -0.05) is 25.1 Å². The second kappa shape index (κ2) is 5.04. The van der Waals surface area contributed by atoms with Gasteiger partial charge in [-0.25, -0.2) is 13.1 Å². The Balaban J connectivity index is 3.02. The van der Waals surface area contributed by atoms with E-state index in [9.17, 15) is 18.5 Å². The molecule has 0 aliphatic rings. The highest BCUT2D eigenvalue weighted by Crippen LogP contribution is 2.19. The Kier molecular flexibility index (Phi) is 3.97. The van der Waals surface area contributed by atoms with Crippen molar-refractivity contribution in [3.05, 3.63) is 39.9 Å². The van der Waals surface area contributed by atoms with E-state index in [0.717, 1.165) is 0 Å². The van der Waals surface area contributed by atoms with Crippen LogP contribution in [0.2, 0.25) is 0 Å². The third kappa shape index (κ3) is 3.28. The molecule has 1 aromatic rings. The van der Waals surface area contributed by atoms with Crippen molar-refractivity contribution in [2.45, 2.75) is 12.7 Å². The summed E-state index contributed by atoms with van der Waals surface area (Å²) < 4.78 is 25.2. The third-order valence-electron chi connectivity index (χ3n) is 1.90. The van der Waals surface area contributed by atoms with Crippen molar-refractivity contribution in [3.8, 4) is 0 Å². The lowest BCUT2D eigenvalue weighted by Crippen LogP contribution is -2.24. The molecule has 0 bridgehead atoms. The molecule has 0 saturated carbocycles. The van der Waals surface area contributed by atoms with E-state index in [4.69, 9.17) is 0 Å². The number of nitro benzene ring substituents is 1. The average molecular weight is 244 g/mol. The molecule has 1 N–H and O–H groups in total.